The molecule has 2 N–H and O–H groups in total. The van der Waals surface area contributed by atoms with Crippen LogP contribution in [0.5, 0.6) is 0 Å². The number of hydrogen-bond acceptors (Lipinski definition) is 4. The number of amides is 1. The van der Waals surface area contributed by atoms with Crippen molar-refractivity contribution in [2.45, 2.75) is 51.0 Å². The molecule has 0 spiro atoms. The first-order chi connectivity index (χ1) is 13.4. The van der Waals surface area contributed by atoms with Gasteiger partial charge in [-0.15, -0.1) is 0 Å². The van der Waals surface area contributed by atoms with Crippen molar-refractivity contribution in [3.63, 3.8) is 0 Å². The maximum Gasteiger partial charge on any atom is 0.335 e. The van der Waals surface area contributed by atoms with E-state index >= 15 is 0 Å². The minimum Gasteiger partial charge on any atom is -0.479 e. The summed E-state index contributed by atoms with van der Waals surface area (Å²) in [5, 5.41) is 24.0. The molecule has 1 aromatic heterocycles. The van der Waals surface area contributed by atoms with Gasteiger partial charge < -0.3 is 15.1 Å². The van der Waals surface area contributed by atoms with Gasteiger partial charge in [0.2, 0.25) is 0 Å². The summed E-state index contributed by atoms with van der Waals surface area (Å²) in [6.45, 7) is 2.47. The number of piperidine rings is 1. The fourth-order valence-electron chi connectivity index (χ4n) is 4.11. The summed E-state index contributed by atoms with van der Waals surface area (Å²) in [4.78, 5) is 26.0. The zero-order valence-corrected chi connectivity index (χ0v) is 16.0. The van der Waals surface area contributed by atoms with Gasteiger partial charge in [0.1, 0.15) is 0 Å². The van der Waals surface area contributed by atoms with E-state index in [1.807, 2.05) is 35.9 Å². The third-order valence-electron chi connectivity index (χ3n) is 5.94. The number of likely N-dealkylation sites (tertiary alicyclic amines) is 1. The monoisotopic (exact) mass is 383 g/mol. The number of carboxylic acid groups (broad SMARTS) is 1. The Morgan fingerprint density at radius 1 is 1.07 bits per heavy atom. The Balaban J connectivity index is 1.64. The summed E-state index contributed by atoms with van der Waals surface area (Å²) in [5.74, 6) is -1.39. The molecule has 1 amide bonds. The van der Waals surface area contributed by atoms with Gasteiger partial charge >= 0.3 is 5.97 Å². The van der Waals surface area contributed by atoms with Crippen LogP contribution in [0.2, 0.25) is 0 Å². The molecule has 2 aromatic rings. The third kappa shape index (κ3) is 3.20. The van der Waals surface area contributed by atoms with Crippen LogP contribution in [-0.2, 0) is 17.6 Å². The molecule has 7 heteroatoms. The first kappa shape index (κ1) is 18.7. The van der Waals surface area contributed by atoms with Crippen molar-refractivity contribution >= 4 is 11.9 Å². The second-order valence-electron chi connectivity index (χ2n) is 7.86. The van der Waals surface area contributed by atoms with Crippen LogP contribution in [0.4, 0.5) is 0 Å². The first-order valence-corrected chi connectivity index (χ1v) is 9.82. The summed E-state index contributed by atoms with van der Waals surface area (Å²) in [7, 11) is 0. The van der Waals surface area contributed by atoms with E-state index in [0.717, 1.165) is 42.6 Å². The lowest BCUT2D eigenvalue weighted by Gasteiger charge is -2.35. The number of rotatable bonds is 3. The van der Waals surface area contributed by atoms with Crippen LogP contribution in [0.25, 0.3) is 5.69 Å². The molecular formula is C21H25N3O4. The van der Waals surface area contributed by atoms with Gasteiger partial charge in [0.05, 0.1) is 5.69 Å². The molecule has 0 unspecified atom stereocenters. The van der Waals surface area contributed by atoms with E-state index in [2.05, 4.69) is 5.10 Å². The van der Waals surface area contributed by atoms with Gasteiger partial charge in [-0.2, -0.15) is 5.10 Å². The number of hydrogen-bond donors (Lipinski definition) is 2. The summed E-state index contributed by atoms with van der Waals surface area (Å²) in [6, 6.07) is 8.09. The lowest BCUT2D eigenvalue weighted by atomic mass is 9.91. The fraction of sp³-hybridized carbons (Fsp3) is 0.476. The van der Waals surface area contributed by atoms with Gasteiger partial charge in [-0.3, -0.25) is 4.79 Å². The van der Waals surface area contributed by atoms with Crippen molar-refractivity contribution in [1.29, 1.82) is 0 Å². The fourth-order valence-corrected chi connectivity index (χ4v) is 4.11. The Morgan fingerprint density at radius 3 is 2.36 bits per heavy atom. The number of aliphatic hydroxyl groups is 1. The molecule has 2 heterocycles. The van der Waals surface area contributed by atoms with Crippen LogP contribution in [0, 0.1) is 6.92 Å². The van der Waals surface area contributed by atoms with Gasteiger partial charge in [0.25, 0.3) is 5.91 Å². The predicted octanol–water partition coefficient (Wildman–Crippen LogP) is 2.11. The summed E-state index contributed by atoms with van der Waals surface area (Å²) in [6.07, 6.45) is 3.90. The minimum atomic E-state index is -1.74. The van der Waals surface area contributed by atoms with Crippen molar-refractivity contribution in [1.82, 2.24) is 14.7 Å². The molecule has 0 atom stereocenters. The number of aromatic nitrogens is 2. The Bertz CT molecular complexity index is 908. The Morgan fingerprint density at radius 2 is 1.71 bits per heavy atom. The Labute approximate surface area is 163 Å². The molecule has 2 aliphatic rings. The average Bonchev–Trinajstić information content (AvgIpc) is 3.08. The normalized spacial score (nSPS) is 18.6. The largest absolute Gasteiger partial charge is 0.479 e. The molecule has 0 bridgehead atoms. The number of carboxylic acids is 1. The second kappa shape index (κ2) is 7.05. The first-order valence-electron chi connectivity index (χ1n) is 9.82. The zero-order chi connectivity index (χ0) is 19.9. The van der Waals surface area contributed by atoms with Crippen molar-refractivity contribution in [2.24, 2.45) is 0 Å². The van der Waals surface area contributed by atoms with Crippen LogP contribution in [0.1, 0.15) is 53.0 Å². The smallest absolute Gasteiger partial charge is 0.335 e. The molecular weight excluding hydrogens is 358 g/mol. The molecule has 1 aliphatic carbocycles. The second-order valence-corrected chi connectivity index (χ2v) is 7.86. The quantitative estimate of drug-likeness (QED) is 0.846. The van der Waals surface area contributed by atoms with Crippen molar-refractivity contribution in [3.8, 4) is 5.69 Å². The van der Waals surface area contributed by atoms with E-state index in [4.69, 9.17) is 0 Å². The lowest BCUT2D eigenvalue weighted by molar-refractivity contribution is -0.162. The zero-order valence-electron chi connectivity index (χ0n) is 16.0. The molecule has 1 aliphatic heterocycles. The van der Waals surface area contributed by atoms with Gasteiger partial charge in [-0.05, 0) is 44.7 Å². The molecule has 28 heavy (non-hydrogen) atoms. The van der Waals surface area contributed by atoms with E-state index in [1.165, 1.54) is 5.56 Å². The van der Waals surface area contributed by atoms with E-state index < -0.39 is 11.6 Å². The minimum absolute atomic E-state index is 0.0366. The van der Waals surface area contributed by atoms with Crippen molar-refractivity contribution < 1.29 is 19.8 Å². The Hall–Kier alpha value is -2.67. The third-order valence-corrected chi connectivity index (χ3v) is 5.94. The maximum absolute atomic E-state index is 13.2. The van der Waals surface area contributed by atoms with E-state index in [0.29, 0.717) is 5.69 Å². The van der Waals surface area contributed by atoms with Crippen LogP contribution < -0.4 is 0 Å². The van der Waals surface area contributed by atoms with Crippen molar-refractivity contribution in [2.75, 3.05) is 13.1 Å². The predicted molar refractivity (Wildman–Crippen MR) is 103 cm³/mol. The standard InChI is InChI=1S/C21H25N3O4/c1-14-6-8-15(9-7-14)24-17-5-3-2-4-16(17)18(22-24)19(25)23-12-10-21(28,11-13-23)20(26)27/h6-9,28H,2-5,10-13H2,1H3,(H,26,27). The topological polar surface area (TPSA) is 95.7 Å². The van der Waals surface area contributed by atoms with Crippen LogP contribution in [0.3, 0.4) is 0 Å². The molecule has 148 valence electrons. The van der Waals surface area contributed by atoms with Crippen LogP contribution >= 0.6 is 0 Å². The number of carbonyl (C=O) groups excluding carboxylic acids is 1. The van der Waals surface area contributed by atoms with Crippen LogP contribution in [-0.4, -0.2) is 55.5 Å². The maximum atomic E-state index is 13.2. The SMILES string of the molecule is Cc1ccc(-n2nc(C(=O)N3CCC(O)(C(=O)O)CC3)c3c2CCCC3)cc1. The summed E-state index contributed by atoms with van der Waals surface area (Å²) >= 11 is 0. The molecule has 7 nitrogen and oxygen atoms in total. The van der Waals surface area contributed by atoms with Crippen LogP contribution in [0.15, 0.2) is 24.3 Å². The van der Waals surface area contributed by atoms with E-state index in [-0.39, 0.29) is 31.8 Å². The highest BCUT2D eigenvalue weighted by Gasteiger charge is 2.41. The van der Waals surface area contributed by atoms with Gasteiger partial charge in [0, 0.05) is 37.2 Å². The van der Waals surface area contributed by atoms with Crippen molar-refractivity contribution in [3.05, 3.63) is 46.8 Å². The van der Waals surface area contributed by atoms with Gasteiger partial charge in [0.15, 0.2) is 11.3 Å². The highest BCUT2D eigenvalue weighted by atomic mass is 16.4. The molecule has 4 rings (SSSR count). The molecule has 0 saturated carbocycles. The number of benzene rings is 1. The lowest BCUT2D eigenvalue weighted by Crippen LogP contribution is -2.51. The number of nitrogens with zero attached hydrogens (tertiary/aromatic N) is 3. The van der Waals surface area contributed by atoms with E-state index in [9.17, 15) is 19.8 Å². The number of aliphatic carboxylic acids is 1. The molecule has 0 radical (unpaired) electrons. The molecule has 1 aromatic carbocycles. The highest BCUT2D eigenvalue weighted by molar-refractivity contribution is 5.94. The average molecular weight is 383 g/mol. The van der Waals surface area contributed by atoms with E-state index in [1.54, 1.807) is 4.90 Å². The highest BCUT2D eigenvalue weighted by Crippen LogP contribution is 2.29. The molecule has 1 saturated heterocycles. The summed E-state index contributed by atoms with van der Waals surface area (Å²) in [5.41, 5.74) is 2.95. The number of carbonyl (C=O) groups is 2. The summed E-state index contributed by atoms with van der Waals surface area (Å²) < 4.78 is 1.89. The van der Waals surface area contributed by atoms with Gasteiger partial charge in [-0.25, -0.2) is 9.48 Å². The number of aryl methyl sites for hydroxylation is 1. The molecule has 1 fully saturated rings. The van der Waals surface area contributed by atoms with Gasteiger partial charge in [-0.1, -0.05) is 17.7 Å². The Kier molecular flexibility index (Phi) is 4.71. The number of fused-ring (bicyclic) bond motifs is 1.